The molecule has 0 aromatic heterocycles. The minimum Gasteiger partial charge on any atom is -0.455 e. The lowest BCUT2D eigenvalue weighted by Crippen LogP contribution is -2.25. The summed E-state index contributed by atoms with van der Waals surface area (Å²) in [4.78, 5) is 23.5. The molecule has 8 heteroatoms. The van der Waals surface area contributed by atoms with Gasteiger partial charge in [-0.3, -0.25) is 9.59 Å². The fraction of sp³-hybridized carbons (Fsp3) is 0.375. The Kier molecular flexibility index (Phi) is 5.83. The van der Waals surface area contributed by atoms with E-state index in [1.165, 1.54) is 12.1 Å². The van der Waals surface area contributed by atoms with Gasteiger partial charge in [0.25, 0.3) is 5.91 Å². The van der Waals surface area contributed by atoms with E-state index in [0.29, 0.717) is 12.8 Å². The number of carbonyl (C=O) groups is 2. The molecule has 0 radical (unpaired) electrons. The molecule has 1 aromatic carbocycles. The van der Waals surface area contributed by atoms with Crippen LogP contribution in [-0.2, 0) is 14.3 Å². The number of halogens is 3. The fourth-order valence-electron chi connectivity index (χ4n) is 2.20. The SMILES string of the molecule is O=C(COC(=O)[C@@H]1CC=CCC1)Nc1ccc(OC(F)(F)F)cc1. The first kappa shape index (κ1) is 17.8. The molecular weight excluding hydrogens is 327 g/mol. The lowest BCUT2D eigenvalue weighted by molar-refractivity contribution is -0.274. The van der Waals surface area contributed by atoms with E-state index in [1.807, 2.05) is 12.2 Å². The predicted octanol–water partition coefficient (Wildman–Crippen LogP) is 3.42. The first-order valence-corrected chi connectivity index (χ1v) is 7.31. The van der Waals surface area contributed by atoms with Gasteiger partial charge in [0.1, 0.15) is 5.75 Å². The van der Waals surface area contributed by atoms with Gasteiger partial charge in [-0.15, -0.1) is 13.2 Å². The lowest BCUT2D eigenvalue weighted by atomic mass is 9.95. The van der Waals surface area contributed by atoms with Crippen molar-refractivity contribution < 1.29 is 32.2 Å². The first-order valence-electron chi connectivity index (χ1n) is 7.31. The van der Waals surface area contributed by atoms with Crippen molar-refractivity contribution in [1.82, 2.24) is 0 Å². The summed E-state index contributed by atoms with van der Waals surface area (Å²) in [5, 5.41) is 2.42. The number of anilines is 1. The zero-order valence-corrected chi connectivity index (χ0v) is 12.6. The van der Waals surface area contributed by atoms with Crippen molar-refractivity contribution in [1.29, 1.82) is 0 Å². The maximum Gasteiger partial charge on any atom is 0.573 e. The molecule has 1 aliphatic rings. The second kappa shape index (κ2) is 7.85. The van der Waals surface area contributed by atoms with E-state index in [0.717, 1.165) is 18.6 Å². The number of amides is 1. The van der Waals surface area contributed by atoms with Crippen LogP contribution in [0.25, 0.3) is 0 Å². The normalized spacial score (nSPS) is 17.2. The van der Waals surface area contributed by atoms with E-state index in [9.17, 15) is 22.8 Å². The van der Waals surface area contributed by atoms with Gasteiger partial charge in [0.15, 0.2) is 6.61 Å². The maximum absolute atomic E-state index is 12.0. The summed E-state index contributed by atoms with van der Waals surface area (Å²) < 4.78 is 44.8. The van der Waals surface area contributed by atoms with Crippen molar-refractivity contribution in [3.8, 4) is 5.75 Å². The van der Waals surface area contributed by atoms with Crippen LogP contribution in [0.5, 0.6) is 5.75 Å². The Bertz CT molecular complexity index is 611. The number of rotatable bonds is 5. The van der Waals surface area contributed by atoms with Crippen molar-refractivity contribution in [3.05, 3.63) is 36.4 Å². The number of ether oxygens (including phenoxy) is 2. The average molecular weight is 343 g/mol. The number of esters is 1. The lowest BCUT2D eigenvalue weighted by Gasteiger charge is -2.16. The highest BCUT2D eigenvalue weighted by molar-refractivity contribution is 5.92. The summed E-state index contributed by atoms with van der Waals surface area (Å²) in [7, 11) is 0. The topological polar surface area (TPSA) is 64.6 Å². The van der Waals surface area contributed by atoms with Crippen LogP contribution in [0.4, 0.5) is 18.9 Å². The van der Waals surface area contributed by atoms with Crippen LogP contribution in [0.2, 0.25) is 0 Å². The van der Waals surface area contributed by atoms with E-state index in [4.69, 9.17) is 4.74 Å². The van der Waals surface area contributed by atoms with Crippen LogP contribution in [0.15, 0.2) is 36.4 Å². The number of nitrogens with one attached hydrogen (secondary N) is 1. The molecule has 0 unspecified atom stereocenters. The Morgan fingerprint density at radius 3 is 2.46 bits per heavy atom. The summed E-state index contributed by atoms with van der Waals surface area (Å²) in [5.74, 6) is -1.62. The third-order valence-electron chi connectivity index (χ3n) is 3.32. The molecule has 1 N–H and O–H groups in total. The van der Waals surface area contributed by atoms with Gasteiger partial charge in [0, 0.05) is 5.69 Å². The molecule has 1 aliphatic carbocycles. The van der Waals surface area contributed by atoms with Gasteiger partial charge in [-0.05, 0) is 43.5 Å². The van der Waals surface area contributed by atoms with E-state index in [1.54, 1.807) is 0 Å². The highest BCUT2D eigenvalue weighted by Gasteiger charge is 2.31. The summed E-state index contributed by atoms with van der Waals surface area (Å²) in [6.07, 6.45) is 1.22. The Hall–Kier alpha value is -2.51. The molecular formula is C16H16F3NO4. The molecule has 0 fully saturated rings. The monoisotopic (exact) mass is 343 g/mol. The van der Waals surface area contributed by atoms with E-state index < -0.39 is 30.6 Å². The van der Waals surface area contributed by atoms with Crippen molar-refractivity contribution >= 4 is 17.6 Å². The zero-order valence-electron chi connectivity index (χ0n) is 12.6. The van der Waals surface area contributed by atoms with Gasteiger partial charge >= 0.3 is 12.3 Å². The Morgan fingerprint density at radius 1 is 1.17 bits per heavy atom. The molecule has 5 nitrogen and oxygen atoms in total. The molecule has 1 atom stereocenters. The highest BCUT2D eigenvalue weighted by atomic mass is 19.4. The smallest absolute Gasteiger partial charge is 0.455 e. The molecule has 24 heavy (non-hydrogen) atoms. The van der Waals surface area contributed by atoms with Gasteiger partial charge in [0.2, 0.25) is 0 Å². The standard InChI is InChI=1S/C16H16F3NO4/c17-16(18,19)24-13-8-6-12(7-9-13)20-14(21)10-23-15(22)11-4-2-1-3-5-11/h1-2,6-9,11H,3-5,10H2,(H,20,21)/t11-/m1/s1. The van der Waals surface area contributed by atoms with Crippen molar-refractivity contribution in [2.45, 2.75) is 25.6 Å². The molecule has 0 saturated carbocycles. The quantitative estimate of drug-likeness (QED) is 0.657. The van der Waals surface area contributed by atoms with Gasteiger partial charge in [-0.1, -0.05) is 12.2 Å². The van der Waals surface area contributed by atoms with Crippen molar-refractivity contribution in [3.63, 3.8) is 0 Å². The average Bonchev–Trinajstić information content (AvgIpc) is 2.54. The number of hydrogen-bond acceptors (Lipinski definition) is 4. The first-order chi connectivity index (χ1) is 11.3. The summed E-state index contributed by atoms with van der Waals surface area (Å²) >= 11 is 0. The summed E-state index contributed by atoms with van der Waals surface area (Å²) in [6, 6.07) is 4.66. The highest BCUT2D eigenvalue weighted by Crippen LogP contribution is 2.24. The van der Waals surface area contributed by atoms with Crippen LogP contribution in [0, 0.1) is 5.92 Å². The summed E-state index contributed by atoms with van der Waals surface area (Å²) in [6.45, 7) is -0.445. The van der Waals surface area contributed by atoms with Crippen LogP contribution < -0.4 is 10.1 Å². The number of hydrogen-bond donors (Lipinski definition) is 1. The molecule has 0 spiro atoms. The fourth-order valence-corrected chi connectivity index (χ4v) is 2.20. The third kappa shape index (κ3) is 5.94. The maximum atomic E-state index is 12.0. The zero-order chi connectivity index (χ0) is 17.6. The number of carbonyl (C=O) groups excluding carboxylic acids is 2. The van der Waals surface area contributed by atoms with Gasteiger partial charge in [-0.2, -0.15) is 0 Å². The second-order valence-electron chi connectivity index (χ2n) is 5.21. The number of alkyl halides is 3. The van der Waals surface area contributed by atoms with Gasteiger partial charge < -0.3 is 14.8 Å². The van der Waals surface area contributed by atoms with Crippen LogP contribution in [0.3, 0.4) is 0 Å². The number of allylic oxidation sites excluding steroid dienone is 2. The Balaban J connectivity index is 1.77. The summed E-state index contributed by atoms with van der Waals surface area (Å²) in [5.41, 5.74) is 0.270. The molecule has 0 aliphatic heterocycles. The predicted molar refractivity (Wildman–Crippen MR) is 79.2 cm³/mol. The minimum absolute atomic E-state index is 0.235. The van der Waals surface area contributed by atoms with Crippen LogP contribution >= 0.6 is 0 Å². The molecule has 2 rings (SSSR count). The van der Waals surface area contributed by atoms with Crippen LogP contribution in [-0.4, -0.2) is 24.8 Å². The Labute approximate surface area is 136 Å². The molecule has 1 aromatic rings. The van der Waals surface area contributed by atoms with Gasteiger partial charge in [-0.25, -0.2) is 0 Å². The van der Waals surface area contributed by atoms with Crippen molar-refractivity contribution in [2.24, 2.45) is 5.92 Å². The van der Waals surface area contributed by atoms with E-state index >= 15 is 0 Å². The molecule has 130 valence electrons. The largest absolute Gasteiger partial charge is 0.573 e. The Morgan fingerprint density at radius 2 is 1.88 bits per heavy atom. The second-order valence-corrected chi connectivity index (χ2v) is 5.21. The van der Waals surface area contributed by atoms with E-state index in [2.05, 4.69) is 10.1 Å². The number of benzene rings is 1. The molecule has 0 saturated heterocycles. The van der Waals surface area contributed by atoms with Gasteiger partial charge in [0.05, 0.1) is 5.92 Å². The minimum atomic E-state index is -4.77. The molecule has 1 amide bonds. The van der Waals surface area contributed by atoms with E-state index in [-0.39, 0.29) is 11.6 Å². The molecule has 0 bridgehead atoms. The third-order valence-corrected chi connectivity index (χ3v) is 3.32. The van der Waals surface area contributed by atoms with Crippen molar-refractivity contribution in [2.75, 3.05) is 11.9 Å². The van der Waals surface area contributed by atoms with Crippen LogP contribution in [0.1, 0.15) is 19.3 Å². The molecule has 0 heterocycles.